The van der Waals surface area contributed by atoms with Gasteiger partial charge in [-0.05, 0) is 44.7 Å². The fourth-order valence-corrected chi connectivity index (χ4v) is 3.22. The molecule has 0 aliphatic carbocycles. The molecule has 1 amide bonds. The van der Waals surface area contributed by atoms with E-state index in [1.165, 1.54) is 19.3 Å². The lowest BCUT2D eigenvalue weighted by Gasteiger charge is -2.34. The molecule has 5 nitrogen and oxygen atoms in total. The van der Waals surface area contributed by atoms with Gasteiger partial charge in [0, 0.05) is 13.1 Å². The average molecular weight is 312 g/mol. The Balaban J connectivity index is 0.00000116. The minimum absolute atomic E-state index is 0.170. The van der Waals surface area contributed by atoms with Crippen molar-refractivity contribution in [3.63, 3.8) is 0 Å². The van der Waals surface area contributed by atoms with Crippen molar-refractivity contribution in [2.45, 2.75) is 52.9 Å². The van der Waals surface area contributed by atoms with Crippen LogP contribution in [0.1, 0.15) is 52.9 Å². The zero-order chi connectivity index (χ0) is 16.5. The molecule has 0 aromatic rings. The first kappa shape index (κ1) is 18.9. The molecule has 2 aliphatic heterocycles. The van der Waals surface area contributed by atoms with Crippen LogP contribution in [0.4, 0.5) is 0 Å². The number of carbonyl (C=O) groups is 2. The van der Waals surface area contributed by atoms with Gasteiger partial charge in [0.2, 0.25) is 5.91 Å². The highest BCUT2D eigenvalue weighted by Crippen LogP contribution is 2.21. The van der Waals surface area contributed by atoms with Gasteiger partial charge in [0.05, 0.1) is 12.5 Å². The molecule has 2 aliphatic rings. The lowest BCUT2D eigenvalue weighted by Crippen LogP contribution is -2.46. The van der Waals surface area contributed by atoms with Gasteiger partial charge in [-0.25, -0.2) is 0 Å². The van der Waals surface area contributed by atoms with Gasteiger partial charge >= 0.3 is 5.97 Å². The predicted octanol–water partition coefficient (Wildman–Crippen LogP) is 2.46. The van der Waals surface area contributed by atoms with E-state index in [0.29, 0.717) is 32.5 Å². The van der Waals surface area contributed by atoms with E-state index in [-0.39, 0.29) is 11.8 Å². The third-order valence-corrected chi connectivity index (χ3v) is 4.84. The summed E-state index contributed by atoms with van der Waals surface area (Å²) in [6.07, 6.45) is 4.83. The number of aliphatic carboxylic acids is 1. The van der Waals surface area contributed by atoms with Gasteiger partial charge in [-0.2, -0.15) is 0 Å². The zero-order valence-electron chi connectivity index (χ0n) is 14.4. The number of amides is 1. The number of hydrogen-bond acceptors (Lipinski definition) is 3. The van der Waals surface area contributed by atoms with Crippen molar-refractivity contribution in [2.75, 3.05) is 32.7 Å². The van der Waals surface area contributed by atoms with E-state index < -0.39 is 5.97 Å². The molecule has 1 N–H and O–H groups in total. The third-order valence-electron chi connectivity index (χ3n) is 4.84. The molecule has 2 fully saturated rings. The Hall–Kier alpha value is -1.10. The van der Waals surface area contributed by atoms with Crippen molar-refractivity contribution in [3.8, 4) is 0 Å². The van der Waals surface area contributed by atoms with Gasteiger partial charge in [-0.3, -0.25) is 14.5 Å². The Morgan fingerprint density at radius 2 is 1.55 bits per heavy atom. The van der Waals surface area contributed by atoms with Crippen LogP contribution in [-0.4, -0.2) is 59.5 Å². The van der Waals surface area contributed by atoms with E-state index in [9.17, 15) is 9.59 Å². The normalized spacial score (nSPS) is 21.1. The Labute approximate surface area is 134 Å². The van der Waals surface area contributed by atoms with Gasteiger partial charge < -0.3 is 10.0 Å². The van der Waals surface area contributed by atoms with Crippen LogP contribution in [-0.2, 0) is 9.59 Å². The smallest absolute Gasteiger partial charge is 0.306 e. The number of carboxylic acids is 1. The highest BCUT2D eigenvalue weighted by molar-refractivity contribution is 5.79. The molecular formula is C17H32N2O3. The SMILES string of the molecule is CC.CCC1CCN(CC(=O)N2CCC(C(=O)O)CC2)CC1. The maximum absolute atomic E-state index is 12.2. The highest BCUT2D eigenvalue weighted by Gasteiger charge is 2.28. The fourth-order valence-electron chi connectivity index (χ4n) is 3.22. The highest BCUT2D eigenvalue weighted by atomic mass is 16.4. The summed E-state index contributed by atoms with van der Waals surface area (Å²) in [5, 5.41) is 8.96. The topological polar surface area (TPSA) is 60.9 Å². The molecule has 5 heteroatoms. The molecule has 128 valence electrons. The quantitative estimate of drug-likeness (QED) is 0.866. The maximum Gasteiger partial charge on any atom is 0.306 e. The molecular weight excluding hydrogens is 280 g/mol. The van der Waals surface area contributed by atoms with Crippen molar-refractivity contribution < 1.29 is 14.7 Å². The molecule has 0 bridgehead atoms. The summed E-state index contributed by atoms with van der Waals surface area (Å²) >= 11 is 0. The molecule has 0 spiro atoms. The van der Waals surface area contributed by atoms with E-state index in [1.54, 1.807) is 0 Å². The maximum atomic E-state index is 12.2. The van der Waals surface area contributed by atoms with Gasteiger partial charge in [0.25, 0.3) is 0 Å². The van der Waals surface area contributed by atoms with E-state index in [2.05, 4.69) is 11.8 Å². The van der Waals surface area contributed by atoms with Crippen LogP contribution in [0.3, 0.4) is 0 Å². The standard InChI is InChI=1S/C15H26N2O3.C2H6/c1-2-12-3-7-16(8-4-12)11-14(18)17-9-5-13(6-10-17)15(19)20;1-2/h12-13H,2-11H2,1H3,(H,19,20);1-2H3. The number of carboxylic acid groups (broad SMARTS) is 1. The largest absolute Gasteiger partial charge is 0.481 e. The average Bonchev–Trinajstić information content (AvgIpc) is 2.57. The number of nitrogens with zero attached hydrogens (tertiary/aromatic N) is 2. The molecule has 0 aromatic heterocycles. The van der Waals surface area contributed by atoms with Crippen LogP contribution in [0.5, 0.6) is 0 Å². The van der Waals surface area contributed by atoms with Gasteiger partial charge in [0.1, 0.15) is 0 Å². The number of likely N-dealkylation sites (tertiary alicyclic amines) is 2. The monoisotopic (exact) mass is 312 g/mol. The molecule has 22 heavy (non-hydrogen) atoms. The van der Waals surface area contributed by atoms with E-state index in [1.807, 2.05) is 18.7 Å². The molecule has 0 aromatic carbocycles. The Morgan fingerprint density at radius 1 is 1.00 bits per heavy atom. The van der Waals surface area contributed by atoms with Crippen LogP contribution >= 0.6 is 0 Å². The van der Waals surface area contributed by atoms with Crippen molar-refractivity contribution in [1.82, 2.24) is 9.80 Å². The van der Waals surface area contributed by atoms with Crippen molar-refractivity contribution in [2.24, 2.45) is 11.8 Å². The first-order chi connectivity index (χ1) is 10.6. The van der Waals surface area contributed by atoms with Crippen LogP contribution in [0.2, 0.25) is 0 Å². The first-order valence-electron chi connectivity index (χ1n) is 8.83. The number of carbonyl (C=O) groups excluding carboxylic acids is 1. The summed E-state index contributed by atoms with van der Waals surface area (Å²) in [6, 6.07) is 0. The zero-order valence-corrected chi connectivity index (χ0v) is 14.4. The fraction of sp³-hybridized carbons (Fsp3) is 0.882. The van der Waals surface area contributed by atoms with E-state index in [0.717, 1.165) is 19.0 Å². The Bertz CT molecular complexity index is 344. The van der Waals surface area contributed by atoms with Gasteiger partial charge in [-0.1, -0.05) is 27.2 Å². The molecule has 0 saturated carbocycles. The minimum atomic E-state index is -0.723. The minimum Gasteiger partial charge on any atom is -0.481 e. The molecule has 0 atom stereocenters. The molecule has 0 unspecified atom stereocenters. The number of hydrogen-bond donors (Lipinski definition) is 1. The second-order valence-corrected chi connectivity index (χ2v) is 6.12. The second kappa shape index (κ2) is 9.82. The molecule has 2 saturated heterocycles. The lowest BCUT2D eigenvalue weighted by atomic mass is 9.94. The van der Waals surface area contributed by atoms with Crippen molar-refractivity contribution in [3.05, 3.63) is 0 Å². The van der Waals surface area contributed by atoms with Crippen molar-refractivity contribution in [1.29, 1.82) is 0 Å². The Morgan fingerprint density at radius 3 is 2.00 bits per heavy atom. The molecule has 0 radical (unpaired) electrons. The second-order valence-electron chi connectivity index (χ2n) is 6.12. The number of rotatable bonds is 4. The van der Waals surface area contributed by atoms with Gasteiger partial charge in [-0.15, -0.1) is 0 Å². The lowest BCUT2D eigenvalue weighted by molar-refractivity contribution is -0.146. The van der Waals surface area contributed by atoms with Crippen LogP contribution in [0, 0.1) is 11.8 Å². The summed E-state index contributed by atoms with van der Waals surface area (Å²) < 4.78 is 0. The molecule has 2 rings (SSSR count). The predicted molar refractivity (Wildman–Crippen MR) is 87.7 cm³/mol. The first-order valence-corrected chi connectivity index (χ1v) is 8.83. The summed E-state index contributed by atoms with van der Waals surface area (Å²) in [6.45, 7) is 9.99. The summed E-state index contributed by atoms with van der Waals surface area (Å²) in [5.41, 5.74) is 0. The molecule has 2 heterocycles. The van der Waals surface area contributed by atoms with Crippen molar-refractivity contribution >= 4 is 11.9 Å². The van der Waals surface area contributed by atoms with E-state index >= 15 is 0 Å². The Kier molecular flexibility index (Phi) is 8.46. The van der Waals surface area contributed by atoms with E-state index in [4.69, 9.17) is 5.11 Å². The third kappa shape index (κ3) is 5.59. The van der Waals surface area contributed by atoms with Crippen LogP contribution in [0.15, 0.2) is 0 Å². The van der Waals surface area contributed by atoms with Crippen LogP contribution < -0.4 is 0 Å². The summed E-state index contributed by atoms with van der Waals surface area (Å²) in [7, 11) is 0. The number of piperidine rings is 2. The van der Waals surface area contributed by atoms with Crippen LogP contribution in [0.25, 0.3) is 0 Å². The summed E-state index contributed by atoms with van der Waals surface area (Å²) in [4.78, 5) is 27.2. The van der Waals surface area contributed by atoms with Gasteiger partial charge in [0.15, 0.2) is 0 Å². The summed E-state index contributed by atoms with van der Waals surface area (Å²) in [5.74, 6) is 0.00883.